The van der Waals surface area contributed by atoms with Gasteiger partial charge in [-0.25, -0.2) is 4.98 Å². The third-order valence-electron chi connectivity index (χ3n) is 5.90. The van der Waals surface area contributed by atoms with E-state index < -0.39 is 0 Å². The van der Waals surface area contributed by atoms with Gasteiger partial charge in [0, 0.05) is 74.6 Å². The van der Waals surface area contributed by atoms with Crippen LogP contribution in [0.2, 0.25) is 0 Å². The largest absolute Gasteiger partial charge is 0.336 e. The molecule has 2 aliphatic heterocycles. The number of amides is 2. The van der Waals surface area contributed by atoms with Gasteiger partial charge >= 0.3 is 0 Å². The predicted molar refractivity (Wildman–Crippen MR) is 119 cm³/mol. The molecule has 31 heavy (non-hydrogen) atoms. The lowest BCUT2D eigenvalue weighted by Gasteiger charge is -2.34. The lowest BCUT2D eigenvalue weighted by molar-refractivity contribution is -0.117. The molecule has 4 heterocycles. The van der Waals surface area contributed by atoms with Gasteiger partial charge in [0.1, 0.15) is 0 Å². The van der Waals surface area contributed by atoms with Crippen LogP contribution in [0.3, 0.4) is 0 Å². The number of piperazine rings is 1. The highest BCUT2D eigenvalue weighted by atomic mass is 32.1. The van der Waals surface area contributed by atoms with Gasteiger partial charge in [-0.2, -0.15) is 0 Å². The summed E-state index contributed by atoms with van der Waals surface area (Å²) >= 11 is 1.45. The van der Waals surface area contributed by atoms with Crippen LogP contribution in [0.5, 0.6) is 0 Å². The minimum Gasteiger partial charge on any atom is -0.336 e. The Kier molecular flexibility index (Phi) is 5.29. The zero-order chi connectivity index (χ0) is 21.4. The summed E-state index contributed by atoms with van der Waals surface area (Å²) < 4.78 is 1.55. The van der Waals surface area contributed by atoms with Crippen molar-refractivity contribution in [2.45, 2.75) is 19.4 Å². The third-order valence-corrected chi connectivity index (χ3v) is 6.66. The summed E-state index contributed by atoms with van der Waals surface area (Å²) in [5, 5.41) is 1.85. The van der Waals surface area contributed by atoms with Crippen LogP contribution in [-0.2, 0) is 11.3 Å². The Morgan fingerprint density at radius 2 is 1.81 bits per heavy atom. The Hall–Kier alpha value is -3.04. The molecule has 160 valence electrons. The molecule has 0 spiro atoms. The number of hydrogen-bond donors (Lipinski definition) is 0. The minimum atomic E-state index is -0.0610. The van der Waals surface area contributed by atoms with Crippen LogP contribution in [0.15, 0.2) is 46.7 Å². The fourth-order valence-corrected chi connectivity index (χ4v) is 4.93. The van der Waals surface area contributed by atoms with Gasteiger partial charge in [0.15, 0.2) is 4.96 Å². The Balaban J connectivity index is 1.19. The number of nitrogens with zero attached hydrogens (tertiary/aromatic N) is 5. The van der Waals surface area contributed by atoms with E-state index in [4.69, 9.17) is 0 Å². The van der Waals surface area contributed by atoms with E-state index in [0.29, 0.717) is 36.6 Å². The van der Waals surface area contributed by atoms with Crippen LogP contribution in [0, 0.1) is 0 Å². The lowest BCUT2D eigenvalue weighted by Crippen LogP contribution is -2.48. The van der Waals surface area contributed by atoms with Gasteiger partial charge in [-0.15, -0.1) is 11.3 Å². The first kappa shape index (κ1) is 19.9. The van der Waals surface area contributed by atoms with E-state index in [2.05, 4.69) is 9.88 Å². The fraction of sp³-hybridized carbons (Fsp3) is 0.364. The maximum absolute atomic E-state index is 12.9. The molecule has 2 aliphatic rings. The maximum atomic E-state index is 12.9. The predicted octanol–water partition coefficient (Wildman–Crippen LogP) is 1.84. The maximum Gasteiger partial charge on any atom is 0.258 e. The van der Waals surface area contributed by atoms with E-state index in [-0.39, 0.29) is 17.4 Å². The van der Waals surface area contributed by atoms with Gasteiger partial charge in [0.25, 0.3) is 11.5 Å². The Labute approximate surface area is 183 Å². The summed E-state index contributed by atoms with van der Waals surface area (Å²) in [6.07, 6.45) is 3.21. The second-order valence-electron chi connectivity index (χ2n) is 7.91. The molecule has 0 unspecified atom stereocenters. The number of rotatable bonds is 4. The van der Waals surface area contributed by atoms with Gasteiger partial charge in [0.2, 0.25) is 5.91 Å². The SMILES string of the molecule is O=C(c1ccc(N2CCCC2=O)cc1)N1CCN(Cc2cc(=O)n3ccsc3n2)CC1. The van der Waals surface area contributed by atoms with Crippen molar-refractivity contribution in [1.82, 2.24) is 19.2 Å². The first-order valence-electron chi connectivity index (χ1n) is 10.5. The zero-order valence-electron chi connectivity index (χ0n) is 17.1. The summed E-state index contributed by atoms with van der Waals surface area (Å²) in [4.78, 5) is 48.1. The number of thiazole rings is 1. The van der Waals surface area contributed by atoms with Crippen LogP contribution in [0.25, 0.3) is 4.96 Å². The minimum absolute atomic E-state index is 0.00956. The average Bonchev–Trinajstić information content (AvgIpc) is 3.43. The van der Waals surface area contributed by atoms with E-state index in [9.17, 15) is 14.4 Å². The normalized spacial score (nSPS) is 17.6. The summed E-state index contributed by atoms with van der Waals surface area (Å²) in [5.74, 6) is 0.154. The fourth-order valence-electron chi connectivity index (χ4n) is 4.19. The molecule has 5 rings (SSSR count). The number of carbonyl (C=O) groups excluding carboxylic acids is 2. The molecular weight excluding hydrogens is 414 g/mol. The van der Waals surface area contributed by atoms with Gasteiger partial charge in [-0.3, -0.25) is 23.7 Å². The number of aromatic nitrogens is 2. The summed E-state index contributed by atoms with van der Waals surface area (Å²) in [5.41, 5.74) is 2.20. The van der Waals surface area contributed by atoms with Gasteiger partial charge in [-0.1, -0.05) is 0 Å². The van der Waals surface area contributed by atoms with Gasteiger partial charge in [0.05, 0.1) is 5.69 Å². The number of benzene rings is 1. The molecule has 8 nitrogen and oxygen atoms in total. The molecule has 3 aromatic rings. The smallest absolute Gasteiger partial charge is 0.258 e. The molecule has 0 radical (unpaired) electrons. The van der Waals surface area contributed by atoms with Crippen molar-refractivity contribution in [3.63, 3.8) is 0 Å². The molecule has 0 bridgehead atoms. The highest BCUT2D eigenvalue weighted by molar-refractivity contribution is 7.15. The third kappa shape index (κ3) is 3.98. The van der Waals surface area contributed by atoms with Crippen LogP contribution in [0.1, 0.15) is 28.9 Å². The zero-order valence-corrected chi connectivity index (χ0v) is 17.9. The molecule has 2 fully saturated rings. The van der Waals surface area contributed by atoms with Crippen molar-refractivity contribution < 1.29 is 9.59 Å². The molecule has 0 saturated carbocycles. The molecule has 1 aromatic carbocycles. The molecule has 0 N–H and O–H groups in total. The van der Waals surface area contributed by atoms with Crippen molar-refractivity contribution in [3.05, 3.63) is 63.5 Å². The van der Waals surface area contributed by atoms with E-state index >= 15 is 0 Å². The number of hydrogen-bond acceptors (Lipinski definition) is 6. The Morgan fingerprint density at radius 1 is 1.03 bits per heavy atom. The van der Waals surface area contributed by atoms with Crippen molar-refractivity contribution in [2.24, 2.45) is 0 Å². The Morgan fingerprint density at radius 3 is 2.52 bits per heavy atom. The molecule has 2 aromatic heterocycles. The molecule has 9 heteroatoms. The summed E-state index contributed by atoms with van der Waals surface area (Å²) in [6, 6.07) is 8.92. The van der Waals surface area contributed by atoms with E-state index in [0.717, 1.165) is 37.4 Å². The van der Waals surface area contributed by atoms with Crippen LogP contribution < -0.4 is 10.5 Å². The molecular formula is C22H23N5O3S. The van der Waals surface area contributed by atoms with Gasteiger partial charge in [-0.05, 0) is 30.7 Å². The highest BCUT2D eigenvalue weighted by Crippen LogP contribution is 2.22. The number of anilines is 1. The highest BCUT2D eigenvalue weighted by Gasteiger charge is 2.24. The van der Waals surface area contributed by atoms with Gasteiger partial charge < -0.3 is 9.80 Å². The summed E-state index contributed by atoms with van der Waals surface area (Å²) in [6.45, 7) is 4.07. The Bertz CT molecular complexity index is 1180. The van der Waals surface area contributed by atoms with E-state index in [1.807, 2.05) is 34.5 Å². The number of fused-ring (bicyclic) bond motifs is 1. The van der Waals surface area contributed by atoms with E-state index in [1.165, 1.54) is 11.3 Å². The van der Waals surface area contributed by atoms with Crippen LogP contribution in [0.4, 0.5) is 5.69 Å². The second-order valence-corrected chi connectivity index (χ2v) is 8.78. The van der Waals surface area contributed by atoms with Crippen LogP contribution >= 0.6 is 11.3 Å². The molecule has 2 amide bonds. The number of carbonyl (C=O) groups is 2. The van der Waals surface area contributed by atoms with E-state index in [1.54, 1.807) is 21.6 Å². The second kappa shape index (κ2) is 8.24. The molecule has 2 saturated heterocycles. The first-order valence-corrected chi connectivity index (χ1v) is 11.3. The van der Waals surface area contributed by atoms with Crippen molar-refractivity contribution in [1.29, 1.82) is 0 Å². The molecule has 0 aliphatic carbocycles. The molecule has 0 atom stereocenters. The standard InChI is InChI=1S/C22H23N5O3S/c28-19-2-1-7-26(19)18-5-3-16(4-6-18)21(30)25-10-8-24(9-11-25)15-17-14-20(29)27-12-13-31-22(27)23-17/h3-6,12-14H,1-2,7-11,15H2. The quantitative estimate of drug-likeness (QED) is 0.623. The monoisotopic (exact) mass is 437 g/mol. The van der Waals surface area contributed by atoms with Crippen molar-refractivity contribution in [2.75, 3.05) is 37.6 Å². The summed E-state index contributed by atoms with van der Waals surface area (Å²) in [7, 11) is 0. The topological polar surface area (TPSA) is 78.2 Å². The van der Waals surface area contributed by atoms with Crippen molar-refractivity contribution >= 4 is 33.8 Å². The van der Waals surface area contributed by atoms with Crippen molar-refractivity contribution in [3.8, 4) is 0 Å². The first-order chi connectivity index (χ1) is 15.1. The van der Waals surface area contributed by atoms with Crippen LogP contribution in [-0.4, -0.2) is 63.7 Å². The lowest BCUT2D eigenvalue weighted by atomic mass is 10.1. The average molecular weight is 438 g/mol.